The number of hydrogen-bond acceptors (Lipinski definition) is 7. The molecule has 0 unspecified atom stereocenters. The zero-order valence-corrected chi connectivity index (χ0v) is 18.3. The van der Waals surface area contributed by atoms with Crippen LogP contribution in [0.4, 0.5) is 0 Å². The molecule has 0 aliphatic carbocycles. The summed E-state index contributed by atoms with van der Waals surface area (Å²) in [4.78, 5) is 25.2. The summed E-state index contributed by atoms with van der Waals surface area (Å²) in [5.74, 6) is 1.03. The van der Waals surface area contributed by atoms with Crippen molar-refractivity contribution in [2.75, 3.05) is 28.4 Å². The second-order valence-electron chi connectivity index (χ2n) is 6.70. The lowest BCUT2D eigenvalue weighted by atomic mass is 9.97. The van der Waals surface area contributed by atoms with Crippen molar-refractivity contribution in [3.8, 4) is 28.7 Å². The van der Waals surface area contributed by atoms with Crippen LogP contribution in [0.3, 0.4) is 0 Å². The standard InChI is InChI=1S/C25H24O7/c1-28-21-13-20(23(29-2)25(31-4)24(21)30-3)22(27)19-11-10-18(12-17(19)14-26)32-15-16-8-6-5-7-9-16/h5-14H,15H2,1-4H3. The molecule has 0 radical (unpaired) electrons. The molecule has 3 aromatic carbocycles. The van der Waals surface area contributed by atoms with E-state index >= 15 is 0 Å². The summed E-state index contributed by atoms with van der Waals surface area (Å²) >= 11 is 0. The van der Waals surface area contributed by atoms with Crippen LogP contribution in [0.15, 0.2) is 54.6 Å². The van der Waals surface area contributed by atoms with Crippen molar-refractivity contribution >= 4 is 12.1 Å². The lowest BCUT2D eigenvalue weighted by molar-refractivity contribution is 0.102. The van der Waals surface area contributed by atoms with Crippen LogP contribution >= 0.6 is 0 Å². The van der Waals surface area contributed by atoms with E-state index in [9.17, 15) is 9.59 Å². The van der Waals surface area contributed by atoms with E-state index < -0.39 is 5.78 Å². The van der Waals surface area contributed by atoms with Crippen LogP contribution < -0.4 is 23.7 Å². The number of ketones is 1. The predicted octanol–water partition coefficient (Wildman–Crippen LogP) is 4.34. The van der Waals surface area contributed by atoms with E-state index in [1.807, 2.05) is 30.3 Å². The molecular weight excluding hydrogens is 412 g/mol. The summed E-state index contributed by atoms with van der Waals surface area (Å²) in [6, 6.07) is 15.9. The Kier molecular flexibility index (Phi) is 7.33. The number of methoxy groups -OCH3 is 4. The summed E-state index contributed by atoms with van der Waals surface area (Å²) in [6.07, 6.45) is 0.618. The minimum atomic E-state index is -0.433. The van der Waals surface area contributed by atoms with Crippen molar-refractivity contribution < 1.29 is 33.3 Å². The molecule has 0 saturated heterocycles. The Hall–Kier alpha value is -4.00. The van der Waals surface area contributed by atoms with Gasteiger partial charge in [-0.2, -0.15) is 0 Å². The first-order chi connectivity index (χ1) is 15.6. The first kappa shape index (κ1) is 22.7. The minimum Gasteiger partial charge on any atom is -0.493 e. The van der Waals surface area contributed by atoms with Gasteiger partial charge in [0.2, 0.25) is 11.5 Å². The van der Waals surface area contributed by atoms with Gasteiger partial charge in [-0.15, -0.1) is 0 Å². The van der Waals surface area contributed by atoms with Gasteiger partial charge in [0.1, 0.15) is 12.4 Å². The van der Waals surface area contributed by atoms with Crippen LogP contribution in [0, 0.1) is 0 Å². The van der Waals surface area contributed by atoms with Crippen LogP contribution in [0.2, 0.25) is 0 Å². The second kappa shape index (κ2) is 10.3. The molecule has 0 aliphatic heterocycles. The molecule has 0 saturated carbocycles. The van der Waals surface area contributed by atoms with Crippen LogP contribution in [0.25, 0.3) is 0 Å². The van der Waals surface area contributed by atoms with E-state index in [0.717, 1.165) is 5.56 Å². The molecule has 3 aromatic rings. The molecule has 0 fully saturated rings. The third-order valence-corrected chi connectivity index (χ3v) is 4.88. The first-order valence-electron chi connectivity index (χ1n) is 9.75. The number of carbonyl (C=O) groups is 2. The number of ether oxygens (including phenoxy) is 5. The Labute approximate surface area is 186 Å². The molecule has 0 heterocycles. The predicted molar refractivity (Wildman–Crippen MR) is 119 cm³/mol. The Morgan fingerprint density at radius 3 is 2.06 bits per heavy atom. The summed E-state index contributed by atoms with van der Waals surface area (Å²) in [5, 5.41) is 0. The molecule has 166 valence electrons. The Bertz CT molecular complexity index is 1110. The fourth-order valence-corrected chi connectivity index (χ4v) is 3.32. The molecule has 0 bridgehead atoms. The molecule has 7 heteroatoms. The van der Waals surface area contributed by atoms with Crippen molar-refractivity contribution in [2.24, 2.45) is 0 Å². The molecular formula is C25H24O7. The monoisotopic (exact) mass is 436 g/mol. The van der Waals surface area contributed by atoms with Crippen molar-refractivity contribution in [1.82, 2.24) is 0 Å². The maximum Gasteiger partial charge on any atom is 0.208 e. The zero-order chi connectivity index (χ0) is 23.1. The highest BCUT2D eigenvalue weighted by Crippen LogP contribution is 2.47. The average molecular weight is 436 g/mol. The topological polar surface area (TPSA) is 80.3 Å². The molecule has 0 spiro atoms. The van der Waals surface area contributed by atoms with Crippen molar-refractivity contribution in [2.45, 2.75) is 6.61 Å². The van der Waals surface area contributed by atoms with Crippen LogP contribution in [0.5, 0.6) is 28.7 Å². The largest absolute Gasteiger partial charge is 0.493 e. The molecule has 0 aliphatic rings. The maximum absolute atomic E-state index is 13.4. The SMILES string of the molecule is COc1cc(C(=O)c2ccc(OCc3ccccc3)cc2C=O)c(OC)c(OC)c1OC. The Morgan fingerprint density at radius 2 is 1.47 bits per heavy atom. The van der Waals surface area contributed by atoms with E-state index in [1.165, 1.54) is 40.6 Å². The van der Waals surface area contributed by atoms with Gasteiger partial charge < -0.3 is 23.7 Å². The number of benzene rings is 3. The number of aldehydes is 1. The highest BCUT2D eigenvalue weighted by molar-refractivity contribution is 6.15. The van der Waals surface area contributed by atoms with Gasteiger partial charge >= 0.3 is 0 Å². The molecule has 0 N–H and O–H groups in total. The van der Waals surface area contributed by atoms with E-state index in [-0.39, 0.29) is 28.2 Å². The van der Waals surface area contributed by atoms with Crippen LogP contribution in [-0.2, 0) is 6.61 Å². The second-order valence-corrected chi connectivity index (χ2v) is 6.70. The fraction of sp³-hybridized carbons (Fsp3) is 0.200. The van der Waals surface area contributed by atoms with Crippen molar-refractivity contribution in [1.29, 1.82) is 0 Å². The Morgan fingerprint density at radius 1 is 0.781 bits per heavy atom. The van der Waals surface area contributed by atoms with Gasteiger partial charge in [-0.3, -0.25) is 9.59 Å². The molecule has 7 nitrogen and oxygen atoms in total. The summed E-state index contributed by atoms with van der Waals surface area (Å²) in [7, 11) is 5.76. The number of hydrogen-bond donors (Lipinski definition) is 0. The average Bonchev–Trinajstić information content (AvgIpc) is 2.85. The molecule has 0 atom stereocenters. The van der Waals surface area contributed by atoms with Gasteiger partial charge in [0, 0.05) is 11.1 Å². The highest BCUT2D eigenvalue weighted by Gasteiger charge is 2.27. The van der Waals surface area contributed by atoms with Gasteiger partial charge in [-0.25, -0.2) is 0 Å². The smallest absolute Gasteiger partial charge is 0.208 e. The molecule has 32 heavy (non-hydrogen) atoms. The van der Waals surface area contributed by atoms with Gasteiger partial charge in [0.15, 0.2) is 23.6 Å². The summed E-state index contributed by atoms with van der Waals surface area (Å²) in [5.41, 5.74) is 1.54. The third kappa shape index (κ3) is 4.51. The molecule has 0 amide bonds. The van der Waals surface area contributed by atoms with Gasteiger partial charge in [-0.1, -0.05) is 30.3 Å². The van der Waals surface area contributed by atoms with Gasteiger partial charge in [-0.05, 0) is 29.8 Å². The van der Waals surface area contributed by atoms with Gasteiger partial charge in [0.25, 0.3) is 0 Å². The van der Waals surface area contributed by atoms with Gasteiger partial charge in [0.05, 0.1) is 34.0 Å². The van der Waals surface area contributed by atoms with E-state index in [2.05, 4.69) is 0 Å². The van der Waals surface area contributed by atoms with E-state index in [4.69, 9.17) is 23.7 Å². The third-order valence-electron chi connectivity index (χ3n) is 4.88. The van der Waals surface area contributed by atoms with Crippen LogP contribution in [-0.4, -0.2) is 40.5 Å². The van der Waals surface area contributed by atoms with E-state index in [0.29, 0.717) is 30.1 Å². The normalized spacial score (nSPS) is 10.2. The van der Waals surface area contributed by atoms with Crippen molar-refractivity contribution in [3.05, 3.63) is 76.9 Å². The highest BCUT2D eigenvalue weighted by atomic mass is 16.5. The summed E-state index contributed by atoms with van der Waals surface area (Å²) in [6.45, 7) is 0.340. The Balaban J connectivity index is 1.99. The fourth-order valence-electron chi connectivity index (χ4n) is 3.32. The molecule has 3 rings (SSSR count). The summed E-state index contributed by atoms with van der Waals surface area (Å²) < 4.78 is 27.3. The minimum absolute atomic E-state index is 0.169. The maximum atomic E-state index is 13.4. The lowest BCUT2D eigenvalue weighted by Crippen LogP contribution is -2.10. The zero-order valence-electron chi connectivity index (χ0n) is 18.3. The number of carbonyl (C=O) groups excluding carboxylic acids is 2. The lowest BCUT2D eigenvalue weighted by Gasteiger charge is -2.18. The van der Waals surface area contributed by atoms with Crippen LogP contribution in [0.1, 0.15) is 31.8 Å². The number of rotatable bonds is 10. The van der Waals surface area contributed by atoms with Crippen molar-refractivity contribution in [3.63, 3.8) is 0 Å². The quantitative estimate of drug-likeness (QED) is 0.345. The van der Waals surface area contributed by atoms with E-state index in [1.54, 1.807) is 12.1 Å². The molecule has 0 aromatic heterocycles. The first-order valence-corrected chi connectivity index (χ1v) is 9.75.